The first kappa shape index (κ1) is 20.9. The van der Waals surface area contributed by atoms with E-state index in [2.05, 4.69) is 58.7 Å². The minimum absolute atomic E-state index is 0.336. The molecule has 0 fully saturated rings. The van der Waals surface area contributed by atoms with Gasteiger partial charge in [0.05, 0.1) is 6.04 Å². The molecule has 21 heavy (non-hydrogen) atoms. The third kappa shape index (κ3) is 10.3. The number of azo groups is 1. The van der Waals surface area contributed by atoms with Crippen LogP contribution in [0.3, 0.4) is 0 Å². The fraction of sp³-hybridized carbons (Fsp3) is 1.00. The molecule has 0 rings (SSSR count). The van der Waals surface area contributed by atoms with Crippen LogP contribution in [0.25, 0.3) is 0 Å². The van der Waals surface area contributed by atoms with E-state index < -0.39 is 5.00 Å². The van der Waals surface area contributed by atoms with Crippen LogP contribution in [-0.4, -0.2) is 11.0 Å². The van der Waals surface area contributed by atoms with E-state index in [9.17, 15) is 0 Å². The predicted molar refractivity (Wildman–Crippen MR) is 95.1 cm³/mol. The van der Waals surface area contributed by atoms with Crippen molar-refractivity contribution in [1.82, 2.24) is 0 Å². The summed E-state index contributed by atoms with van der Waals surface area (Å²) in [4.78, 5) is -0.510. The summed E-state index contributed by atoms with van der Waals surface area (Å²) in [6.07, 6.45) is 6.41. The summed E-state index contributed by atoms with van der Waals surface area (Å²) in [5.74, 6) is 1.79. The molecule has 0 aromatic rings. The Labute approximate surface area is 138 Å². The fourth-order valence-electron chi connectivity index (χ4n) is 2.79. The van der Waals surface area contributed by atoms with Crippen LogP contribution in [0.2, 0.25) is 0 Å². The van der Waals surface area contributed by atoms with Gasteiger partial charge < -0.3 is 0 Å². The fourth-order valence-corrected chi connectivity index (χ4v) is 3.45. The highest BCUT2D eigenvalue weighted by Gasteiger charge is 2.29. The summed E-state index contributed by atoms with van der Waals surface area (Å²) < 4.78 is 0. The molecule has 0 saturated carbocycles. The highest BCUT2D eigenvalue weighted by atomic mass is 35.5. The summed E-state index contributed by atoms with van der Waals surface area (Å²) in [5, 5.41) is 9.31. The van der Waals surface area contributed by atoms with Crippen LogP contribution >= 0.6 is 11.6 Å². The van der Waals surface area contributed by atoms with E-state index in [4.69, 9.17) is 11.6 Å². The van der Waals surface area contributed by atoms with Crippen molar-refractivity contribution < 1.29 is 0 Å². The van der Waals surface area contributed by atoms with Gasteiger partial charge in [0.15, 0.2) is 5.00 Å². The Morgan fingerprint density at radius 1 is 0.952 bits per heavy atom. The van der Waals surface area contributed by atoms with Crippen molar-refractivity contribution >= 4 is 11.6 Å². The molecule has 126 valence electrons. The van der Waals surface area contributed by atoms with Gasteiger partial charge in [0, 0.05) is 0 Å². The molecule has 0 spiro atoms. The van der Waals surface area contributed by atoms with Crippen LogP contribution in [0.4, 0.5) is 0 Å². The van der Waals surface area contributed by atoms with Crippen LogP contribution in [0, 0.1) is 17.8 Å². The maximum absolute atomic E-state index is 6.78. The predicted octanol–water partition coefficient (Wildman–Crippen LogP) is 7.07. The molecule has 0 bridgehead atoms. The standard InChI is InChI=1S/C18H37ClN2/c1-8-10-17(11-16(7)9-2)20-21-18(19,12-14(3)4)13-15(5)6/h14-17H,8-13H2,1-7H3. The monoisotopic (exact) mass is 316 g/mol. The zero-order valence-corrected chi connectivity index (χ0v) is 16.1. The van der Waals surface area contributed by atoms with Crippen molar-refractivity contribution in [3.05, 3.63) is 0 Å². The average molecular weight is 317 g/mol. The normalized spacial score (nSPS) is 16.1. The van der Waals surface area contributed by atoms with Gasteiger partial charge in [0.1, 0.15) is 0 Å². The van der Waals surface area contributed by atoms with Gasteiger partial charge in [-0.2, -0.15) is 10.2 Å². The Hall–Kier alpha value is -0.110. The number of rotatable bonds is 11. The van der Waals surface area contributed by atoms with Gasteiger partial charge in [-0.05, 0) is 43.4 Å². The minimum Gasteiger partial charge on any atom is -0.189 e. The van der Waals surface area contributed by atoms with E-state index in [1.54, 1.807) is 0 Å². The number of halogens is 1. The molecule has 0 aromatic heterocycles. The molecule has 0 N–H and O–H groups in total. The first-order valence-corrected chi connectivity index (χ1v) is 9.21. The minimum atomic E-state index is -0.510. The van der Waals surface area contributed by atoms with E-state index in [0.717, 1.165) is 32.1 Å². The van der Waals surface area contributed by atoms with Crippen molar-refractivity contribution in [2.75, 3.05) is 0 Å². The molecule has 0 aromatic carbocycles. The lowest BCUT2D eigenvalue weighted by Crippen LogP contribution is -2.24. The van der Waals surface area contributed by atoms with Gasteiger partial charge in [-0.3, -0.25) is 0 Å². The second-order valence-corrected chi connectivity index (χ2v) is 8.22. The Balaban J connectivity index is 4.88. The van der Waals surface area contributed by atoms with Gasteiger partial charge in [-0.1, -0.05) is 72.9 Å². The summed E-state index contributed by atoms with van der Waals surface area (Å²) in [5.41, 5.74) is 0. The lowest BCUT2D eigenvalue weighted by Gasteiger charge is -2.26. The van der Waals surface area contributed by atoms with E-state index in [1.165, 1.54) is 6.42 Å². The van der Waals surface area contributed by atoms with Crippen LogP contribution in [0.5, 0.6) is 0 Å². The number of alkyl halides is 1. The Bertz CT molecular complexity index is 277. The molecule has 0 heterocycles. The largest absolute Gasteiger partial charge is 0.189 e. The molecule has 0 radical (unpaired) electrons. The maximum atomic E-state index is 6.78. The van der Waals surface area contributed by atoms with Crippen molar-refractivity contribution in [3.8, 4) is 0 Å². The second-order valence-electron chi connectivity index (χ2n) is 7.52. The molecular formula is C18H37ClN2. The summed E-state index contributed by atoms with van der Waals surface area (Å²) in [6.45, 7) is 15.6. The number of hydrogen-bond acceptors (Lipinski definition) is 2. The molecule has 3 heteroatoms. The second kappa shape index (κ2) is 10.6. The van der Waals surface area contributed by atoms with Gasteiger partial charge in [-0.15, -0.1) is 0 Å². The third-order valence-electron chi connectivity index (χ3n) is 3.84. The lowest BCUT2D eigenvalue weighted by molar-refractivity contribution is 0.352. The topological polar surface area (TPSA) is 24.7 Å². The van der Waals surface area contributed by atoms with Gasteiger partial charge in [0.2, 0.25) is 0 Å². The van der Waals surface area contributed by atoms with E-state index in [-0.39, 0.29) is 0 Å². The quantitative estimate of drug-likeness (QED) is 0.221. The van der Waals surface area contributed by atoms with Crippen molar-refractivity contribution in [1.29, 1.82) is 0 Å². The SMILES string of the molecule is CCCC(CC(C)CC)N=NC(Cl)(CC(C)C)CC(C)C. The smallest absolute Gasteiger partial charge is 0.155 e. The highest BCUT2D eigenvalue weighted by Crippen LogP contribution is 2.34. The van der Waals surface area contributed by atoms with Crippen LogP contribution in [0.15, 0.2) is 10.2 Å². The summed E-state index contributed by atoms with van der Waals surface area (Å²) in [7, 11) is 0. The van der Waals surface area contributed by atoms with E-state index >= 15 is 0 Å². The molecule has 0 saturated heterocycles. The van der Waals surface area contributed by atoms with Crippen LogP contribution in [0.1, 0.15) is 87.0 Å². The third-order valence-corrected chi connectivity index (χ3v) is 4.22. The summed E-state index contributed by atoms with van der Waals surface area (Å²) >= 11 is 6.78. The molecule has 0 aliphatic rings. The molecule has 0 aliphatic heterocycles. The van der Waals surface area contributed by atoms with E-state index in [1.807, 2.05) is 0 Å². The Morgan fingerprint density at radius 2 is 1.48 bits per heavy atom. The van der Waals surface area contributed by atoms with Gasteiger partial charge >= 0.3 is 0 Å². The molecule has 0 amide bonds. The number of nitrogens with zero attached hydrogens (tertiary/aromatic N) is 2. The van der Waals surface area contributed by atoms with Gasteiger partial charge in [0.25, 0.3) is 0 Å². The Kier molecular flexibility index (Phi) is 10.5. The van der Waals surface area contributed by atoms with Crippen LogP contribution in [-0.2, 0) is 0 Å². The van der Waals surface area contributed by atoms with Crippen molar-refractivity contribution in [2.45, 2.75) is 98.0 Å². The zero-order chi connectivity index (χ0) is 16.5. The van der Waals surface area contributed by atoms with Crippen molar-refractivity contribution in [3.63, 3.8) is 0 Å². The van der Waals surface area contributed by atoms with Gasteiger partial charge in [-0.25, -0.2) is 0 Å². The lowest BCUT2D eigenvalue weighted by atomic mass is 9.95. The number of hydrogen-bond donors (Lipinski definition) is 0. The molecule has 2 nitrogen and oxygen atoms in total. The Morgan fingerprint density at radius 3 is 1.86 bits per heavy atom. The average Bonchev–Trinajstić information content (AvgIpc) is 2.34. The van der Waals surface area contributed by atoms with Crippen molar-refractivity contribution in [2.24, 2.45) is 28.0 Å². The molecule has 0 aliphatic carbocycles. The first-order valence-electron chi connectivity index (χ1n) is 8.83. The zero-order valence-electron chi connectivity index (χ0n) is 15.3. The molecule has 2 unspecified atom stereocenters. The molecule has 2 atom stereocenters. The van der Waals surface area contributed by atoms with E-state index in [0.29, 0.717) is 23.8 Å². The summed E-state index contributed by atoms with van der Waals surface area (Å²) in [6, 6.07) is 0.336. The maximum Gasteiger partial charge on any atom is 0.155 e. The highest BCUT2D eigenvalue weighted by molar-refractivity contribution is 6.23. The van der Waals surface area contributed by atoms with Crippen LogP contribution < -0.4 is 0 Å². The molecular weight excluding hydrogens is 280 g/mol. The first-order chi connectivity index (χ1) is 9.72.